The van der Waals surface area contributed by atoms with E-state index in [2.05, 4.69) is 16.8 Å². The second-order valence-electron chi connectivity index (χ2n) is 3.42. The molecule has 0 aromatic rings. The first-order chi connectivity index (χ1) is 6.79. The van der Waals surface area contributed by atoms with Gasteiger partial charge in [0.05, 0.1) is 18.5 Å². The summed E-state index contributed by atoms with van der Waals surface area (Å²) in [5.41, 5.74) is 0. The smallest absolute Gasteiger partial charge is 0.258 e. The summed E-state index contributed by atoms with van der Waals surface area (Å²) in [6, 6.07) is 0. The molecule has 4 nitrogen and oxygen atoms in total. The Hall–Kier alpha value is -0.550. The van der Waals surface area contributed by atoms with Gasteiger partial charge in [-0.3, -0.25) is 4.79 Å². The molecular formula is C9H14N2O2S. The quantitative estimate of drug-likeness (QED) is 0.645. The van der Waals surface area contributed by atoms with Crippen LogP contribution in [0.15, 0.2) is 4.99 Å². The maximum atomic E-state index is 11.0. The molecule has 1 unspecified atom stereocenters. The van der Waals surface area contributed by atoms with Crippen molar-refractivity contribution in [3.05, 3.63) is 0 Å². The number of amidine groups is 1. The Morgan fingerprint density at radius 2 is 2.57 bits per heavy atom. The van der Waals surface area contributed by atoms with Crippen LogP contribution in [0.5, 0.6) is 0 Å². The van der Waals surface area contributed by atoms with Crippen molar-refractivity contribution in [2.24, 2.45) is 4.99 Å². The number of morpholine rings is 1. The van der Waals surface area contributed by atoms with Crippen LogP contribution in [0, 0.1) is 0 Å². The van der Waals surface area contributed by atoms with Gasteiger partial charge in [0.25, 0.3) is 5.91 Å². The van der Waals surface area contributed by atoms with E-state index in [1.807, 2.05) is 0 Å². The molecule has 1 atom stereocenters. The zero-order valence-corrected chi connectivity index (χ0v) is 9.05. The summed E-state index contributed by atoms with van der Waals surface area (Å²) < 4.78 is 5.55. The second-order valence-corrected chi connectivity index (χ2v) is 4.37. The van der Waals surface area contributed by atoms with E-state index in [9.17, 15) is 4.79 Å². The van der Waals surface area contributed by atoms with Gasteiger partial charge in [-0.2, -0.15) is 4.99 Å². The molecule has 14 heavy (non-hydrogen) atoms. The monoisotopic (exact) mass is 214 g/mol. The van der Waals surface area contributed by atoms with E-state index in [0.29, 0.717) is 11.9 Å². The minimum absolute atomic E-state index is 0.00968. The summed E-state index contributed by atoms with van der Waals surface area (Å²) in [4.78, 5) is 17.1. The average molecular weight is 214 g/mol. The highest BCUT2D eigenvalue weighted by molar-refractivity contribution is 8.14. The van der Waals surface area contributed by atoms with Crippen molar-refractivity contribution in [1.82, 2.24) is 4.90 Å². The van der Waals surface area contributed by atoms with Gasteiger partial charge in [0, 0.05) is 13.1 Å². The Bertz CT molecular complexity index is 268. The van der Waals surface area contributed by atoms with Crippen molar-refractivity contribution in [1.29, 1.82) is 0 Å². The van der Waals surface area contributed by atoms with Gasteiger partial charge in [-0.1, -0.05) is 18.7 Å². The van der Waals surface area contributed by atoms with E-state index >= 15 is 0 Å². The van der Waals surface area contributed by atoms with Gasteiger partial charge in [0.2, 0.25) is 0 Å². The third kappa shape index (κ3) is 2.09. The third-order valence-corrected chi connectivity index (χ3v) is 3.41. The molecule has 0 aliphatic carbocycles. The normalized spacial score (nSPS) is 28.1. The fourth-order valence-corrected chi connectivity index (χ4v) is 2.43. The van der Waals surface area contributed by atoms with Crippen molar-refractivity contribution in [3.63, 3.8) is 0 Å². The summed E-state index contributed by atoms with van der Waals surface area (Å²) in [5, 5.41) is 0.886. The largest absolute Gasteiger partial charge is 0.375 e. The van der Waals surface area contributed by atoms with Gasteiger partial charge < -0.3 is 9.64 Å². The van der Waals surface area contributed by atoms with Crippen LogP contribution in [0.4, 0.5) is 0 Å². The summed E-state index contributed by atoms with van der Waals surface area (Å²) >= 11 is 1.54. The van der Waals surface area contributed by atoms with Crippen LogP contribution in [0.25, 0.3) is 0 Å². The Labute approximate surface area is 87.7 Å². The minimum Gasteiger partial charge on any atom is -0.375 e. The highest BCUT2D eigenvalue weighted by Gasteiger charge is 2.25. The lowest BCUT2D eigenvalue weighted by atomic mass is 10.2. The molecule has 2 aliphatic rings. The molecule has 2 aliphatic heterocycles. The maximum Gasteiger partial charge on any atom is 0.258 e. The molecule has 0 radical (unpaired) electrons. The molecule has 1 amide bonds. The lowest BCUT2D eigenvalue weighted by Gasteiger charge is -2.33. The number of aliphatic imine (C=N–C) groups is 1. The van der Waals surface area contributed by atoms with Gasteiger partial charge in [-0.05, 0) is 6.42 Å². The molecule has 0 aromatic heterocycles. The number of amides is 1. The van der Waals surface area contributed by atoms with Crippen LogP contribution in [-0.4, -0.2) is 47.5 Å². The summed E-state index contributed by atoms with van der Waals surface area (Å²) in [7, 11) is 0. The molecule has 1 fully saturated rings. The molecule has 2 heterocycles. The molecule has 2 rings (SSSR count). The lowest BCUT2D eigenvalue weighted by Crippen LogP contribution is -2.44. The zero-order valence-electron chi connectivity index (χ0n) is 8.23. The fraction of sp³-hybridized carbons (Fsp3) is 0.778. The van der Waals surface area contributed by atoms with E-state index in [4.69, 9.17) is 4.74 Å². The minimum atomic E-state index is -0.00968. The highest BCUT2D eigenvalue weighted by Crippen LogP contribution is 2.19. The molecule has 0 saturated carbocycles. The van der Waals surface area contributed by atoms with Gasteiger partial charge >= 0.3 is 0 Å². The highest BCUT2D eigenvalue weighted by atomic mass is 32.2. The van der Waals surface area contributed by atoms with E-state index in [1.165, 1.54) is 0 Å². The van der Waals surface area contributed by atoms with Crippen molar-refractivity contribution >= 4 is 22.8 Å². The molecule has 5 heteroatoms. The number of carbonyl (C=O) groups excluding carboxylic acids is 1. The Kier molecular flexibility index (Phi) is 3.08. The number of rotatable bonds is 1. The summed E-state index contributed by atoms with van der Waals surface area (Å²) in [6.45, 7) is 4.58. The van der Waals surface area contributed by atoms with Gasteiger partial charge in [0.15, 0.2) is 5.17 Å². The number of carbonyl (C=O) groups is 1. The summed E-state index contributed by atoms with van der Waals surface area (Å²) in [5.74, 6) is 0.494. The van der Waals surface area contributed by atoms with Gasteiger partial charge in [-0.15, -0.1) is 0 Å². The first kappa shape index (κ1) is 9.98. The standard InChI is InChI=1S/C9H14N2O2S/c1-2-7-5-11(3-4-13-7)9-10-8(12)6-14-9/h7H,2-6H2,1H3. The van der Waals surface area contributed by atoms with Crippen LogP contribution >= 0.6 is 11.8 Å². The second kappa shape index (κ2) is 4.31. The van der Waals surface area contributed by atoms with Crippen LogP contribution in [0.3, 0.4) is 0 Å². The van der Waals surface area contributed by atoms with Crippen LogP contribution in [0.1, 0.15) is 13.3 Å². The van der Waals surface area contributed by atoms with Crippen molar-refractivity contribution in [2.75, 3.05) is 25.4 Å². The number of hydrogen-bond donors (Lipinski definition) is 0. The molecule has 1 saturated heterocycles. The predicted molar refractivity (Wildman–Crippen MR) is 56.5 cm³/mol. The number of hydrogen-bond acceptors (Lipinski definition) is 4. The van der Waals surface area contributed by atoms with E-state index in [0.717, 1.165) is 31.3 Å². The lowest BCUT2D eigenvalue weighted by molar-refractivity contribution is -0.115. The number of thioether (sulfide) groups is 1. The molecule has 0 spiro atoms. The van der Waals surface area contributed by atoms with Crippen molar-refractivity contribution in [2.45, 2.75) is 19.4 Å². The van der Waals surface area contributed by atoms with E-state index < -0.39 is 0 Å². The number of ether oxygens (including phenoxy) is 1. The SMILES string of the molecule is CCC1CN(C2=NC(=O)CS2)CCO1. The molecule has 0 bridgehead atoms. The van der Waals surface area contributed by atoms with Crippen molar-refractivity contribution < 1.29 is 9.53 Å². The van der Waals surface area contributed by atoms with Crippen LogP contribution in [-0.2, 0) is 9.53 Å². The molecule has 78 valence electrons. The molecule has 0 N–H and O–H groups in total. The summed E-state index contributed by atoms with van der Waals surface area (Å²) in [6.07, 6.45) is 1.31. The topological polar surface area (TPSA) is 41.9 Å². The predicted octanol–water partition coefficient (Wildman–Crippen LogP) is 0.727. The third-order valence-electron chi connectivity index (χ3n) is 2.41. The van der Waals surface area contributed by atoms with E-state index in [-0.39, 0.29) is 5.91 Å². The average Bonchev–Trinajstić information content (AvgIpc) is 2.65. The zero-order chi connectivity index (χ0) is 9.97. The van der Waals surface area contributed by atoms with Crippen LogP contribution < -0.4 is 0 Å². The van der Waals surface area contributed by atoms with Gasteiger partial charge in [0.1, 0.15) is 0 Å². The van der Waals surface area contributed by atoms with Crippen molar-refractivity contribution in [3.8, 4) is 0 Å². The van der Waals surface area contributed by atoms with Gasteiger partial charge in [-0.25, -0.2) is 0 Å². The first-order valence-electron chi connectivity index (χ1n) is 4.90. The maximum absolute atomic E-state index is 11.0. The first-order valence-corrected chi connectivity index (χ1v) is 5.89. The Morgan fingerprint density at radius 3 is 3.21 bits per heavy atom. The van der Waals surface area contributed by atoms with Crippen LogP contribution in [0.2, 0.25) is 0 Å². The van der Waals surface area contributed by atoms with E-state index in [1.54, 1.807) is 11.8 Å². The Morgan fingerprint density at radius 1 is 1.71 bits per heavy atom. The molecule has 0 aromatic carbocycles. The Balaban J connectivity index is 1.97. The fourth-order valence-electron chi connectivity index (χ4n) is 1.60. The number of nitrogens with zero attached hydrogens (tertiary/aromatic N) is 2. The molecular weight excluding hydrogens is 200 g/mol.